The lowest BCUT2D eigenvalue weighted by molar-refractivity contribution is 0.112. The summed E-state index contributed by atoms with van der Waals surface area (Å²) < 4.78 is 4.99. The molecule has 5 heteroatoms. The highest BCUT2D eigenvalue weighted by molar-refractivity contribution is 5.96. The maximum absolute atomic E-state index is 10.6. The molecular weight excluding hydrogens is 170 g/mol. The SMILES string of the molecule is COc1ncnc2c(C=O)c[nH]c12. The largest absolute Gasteiger partial charge is 0.479 e. The number of carbonyl (C=O) groups excluding carboxylic acids is 1. The summed E-state index contributed by atoms with van der Waals surface area (Å²) in [4.78, 5) is 21.3. The first-order valence-electron chi connectivity index (χ1n) is 3.68. The lowest BCUT2D eigenvalue weighted by Crippen LogP contribution is -1.90. The van der Waals surface area contributed by atoms with E-state index >= 15 is 0 Å². The lowest BCUT2D eigenvalue weighted by atomic mass is 10.3. The van der Waals surface area contributed by atoms with Crippen molar-refractivity contribution in [2.45, 2.75) is 0 Å². The van der Waals surface area contributed by atoms with Crippen molar-refractivity contribution in [2.24, 2.45) is 0 Å². The number of hydrogen-bond acceptors (Lipinski definition) is 4. The highest BCUT2D eigenvalue weighted by Crippen LogP contribution is 2.20. The minimum absolute atomic E-state index is 0.443. The molecule has 66 valence electrons. The maximum Gasteiger partial charge on any atom is 0.241 e. The topological polar surface area (TPSA) is 67.9 Å². The van der Waals surface area contributed by atoms with Crippen molar-refractivity contribution in [3.63, 3.8) is 0 Å². The van der Waals surface area contributed by atoms with Crippen molar-refractivity contribution < 1.29 is 9.53 Å². The summed E-state index contributed by atoms with van der Waals surface area (Å²) in [6.07, 6.45) is 3.68. The molecule has 0 fully saturated rings. The molecule has 2 heterocycles. The molecule has 0 unspecified atom stereocenters. The van der Waals surface area contributed by atoms with Gasteiger partial charge in [0.25, 0.3) is 0 Å². The Morgan fingerprint density at radius 3 is 3.08 bits per heavy atom. The number of ether oxygens (including phenoxy) is 1. The van der Waals surface area contributed by atoms with Crippen LogP contribution in [-0.4, -0.2) is 28.3 Å². The summed E-state index contributed by atoms with van der Waals surface area (Å²) in [7, 11) is 1.52. The number of aromatic nitrogens is 3. The molecule has 5 nitrogen and oxygen atoms in total. The van der Waals surface area contributed by atoms with Gasteiger partial charge in [-0.2, -0.15) is 4.98 Å². The molecule has 0 atom stereocenters. The molecule has 0 amide bonds. The normalized spacial score (nSPS) is 10.2. The molecule has 2 rings (SSSR count). The van der Waals surface area contributed by atoms with Crippen LogP contribution in [-0.2, 0) is 0 Å². The van der Waals surface area contributed by atoms with E-state index < -0.39 is 0 Å². The third-order valence-electron chi connectivity index (χ3n) is 1.78. The number of nitrogens with one attached hydrogen (secondary N) is 1. The third kappa shape index (κ3) is 1.05. The molecular formula is C8H7N3O2. The summed E-state index contributed by atoms with van der Waals surface area (Å²) in [6.45, 7) is 0. The molecule has 0 aliphatic carbocycles. The van der Waals surface area contributed by atoms with Gasteiger partial charge >= 0.3 is 0 Å². The summed E-state index contributed by atoms with van der Waals surface area (Å²) >= 11 is 0. The number of aromatic amines is 1. The van der Waals surface area contributed by atoms with Gasteiger partial charge in [-0.25, -0.2) is 4.98 Å². The first-order valence-corrected chi connectivity index (χ1v) is 3.68. The predicted molar refractivity (Wildman–Crippen MR) is 45.8 cm³/mol. The van der Waals surface area contributed by atoms with Gasteiger partial charge in [-0.15, -0.1) is 0 Å². The Balaban J connectivity index is 2.79. The summed E-state index contributed by atoms with van der Waals surface area (Å²) in [5.74, 6) is 0.443. The Bertz CT molecular complexity index is 450. The Hall–Kier alpha value is -1.91. The van der Waals surface area contributed by atoms with Crippen LogP contribution < -0.4 is 4.74 Å². The molecule has 0 aliphatic rings. The van der Waals surface area contributed by atoms with E-state index in [1.807, 2.05) is 0 Å². The summed E-state index contributed by atoms with van der Waals surface area (Å²) in [5, 5.41) is 0. The quantitative estimate of drug-likeness (QED) is 0.688. The summed E-state index contributed by atoms with van der Waals surface area (Å²) in [6, 6.07) is 0. The Kier molecular flexibility index (Phi) is 1.70. The van der Waals surface area contributed by atoms with Gasteiger partial charge in [0.2, 0.25) is 5.88 Å². The van der Waals surface area contributed by atoms with E-state index in [4.69, 9.17) is 4.74 Å². The first-order chi connectivity index (χ1) is 6.36. The number of methoxy groups -OCH3 is 1. The number of rotatable bonds is 2. The number of carbonyl (C=O) groups is 1. The van der Waals surface area contributed by atoms with E-state index in [1.165, 1.54) is 13.4 Å². The van der Waals surface area contributed by atoms with Crippen molar-refractivity contribution >= 4 is 17.3 Å². The number of nitrogens with zero attached hydrogens (tertiary/aromatic N) is 2. The monoisotopic (exact) mass is 177 g/mol. The predicted octanol–water partition coefficient (Wildman–Crippen LogP) is 0.779. The van der Waals surface area contributed by atoms with Crippen LogP contribution in [0.5, 0.6) is 5.88 Å². The Labute approximate surface area is 73.8 Å². The van der Waals surface area contributed by atoms with Gasteiger partial charge in [-0.05, 0) is 0 Å². The van der Waals surface area contributed by atoms with Crippen LogP contribution >= 0.6 is 0 Å². The van der Waals surface area contributed by atoms with Crippen LogP contribution in [0.1, 0.15) is 10.4 Å². The van der Waals surface area contributed by atoms with E-state index in [9.17, 15) is 4.79 Å². The van der Waals surface area contributed by atoms with Crippen LogP contribution in [0.3, 0.4) is 0 Å². The van der Waals surface area contributed by atoms with E-state index in [1.54, 1.807) is 6.20 Å². The molecule has 2 aromatic heterocycles. The molecule has 0 saturated heterocycles. The molecule has 0 radical (unpaired) electrons. The van der Waals surface area contributed by atoms with Crippen molar-refractivity contribution in [1.29, 1.82) is 0 Å². The van der Waals surface area contributed by atoms with E-state index in [0.717, 1.165) is 6.29 Å². The second-order valence-corrected chi connectivity index (χ2v) is 2.47. The molecule has 0 saturated carbocycles. The lowest BCUT2D eigenvalue weighted by Gasteiger charge is -1.97. The van der Waals surface area contributed by atoms with Gasteiger partial charge in [-0.1, -0.05) is 0 Å². The number of fused-ring (bicyclic) bond motifs is 1. The van der Waals surface area contributed by atoms with Crippen molar-refractivity contribution in [3.8, 4) is 5.88 Å². The van der Waals surface area contributed by atoms with Gasteiger partial charge in [-0.3, -0.25) is 4.79 Å². The van der Waals surface area contributed by atoms with Gasteiger partial charge in [0, 0.05) is 6.20 Å². The average molecular weight is 177 g/mol. The van der Waals surface area contributed by atoms with Crippen LogP contribution in [0, 0.1) is 0 Å². The molecule has 13 heavy (non-hydrogen) atoms. The Morgan fingerprint density at radius 2 is 2.38 bits per heavy atom. The Morgan fingerprint density at radius 1 is 1.54 bits per heavy atom. The van der Waals surface area contributed by atoms with Crippen LogP contribution in [0.25, 0.3) is 11.0 Å². The number of hydrogen-bond donors (Lipinski definition) is 1. The van der Waals surface area contributed by atoms with Crippen LogP contribution in [0.2, 0.25) is 0 Å². The standard InChI is InChI=1S/C8H7N3O2/c1-13-8-7-6(10-4-11-8)5(3-12)2-9-7/h2-4,9H,1H3. The molecule has 0 spiro atoms. The zero-order chi connectivity index (χ0) is 9.26. The van der Waals surface area contributed by atoms with Crippen LogP contribution in [0.4, 0.5) is 0 Å². The van der Waals surface area contributed by atoms with E-state index in [2.05, 4.69) is 15.0 Å². The molecule has 2 aromatic rings. The van der Waals surface area contributed by atoms with Crippen LogP contribution in [0.15, 0.2) is 12.5 Å². The fourth-order valence-corrected chi connectivity index (χ4v) is 1.18. The van der Waals surface area contributed by atoms with Gasteiger partial charge in [0.1, 0.15) is 17.4 Å². The second kappa shape index (κ2) is 2.85. The fourth-order valence-electron chi connectivity index (χ4n) is 1.18. The molecule has 1 N–H and O–H groups in total. The highest BCUT2D eigenvalue weighted by atomic mass is 16.5. The minimum atomic E-state index is 0.443. The second-order valence-electron chi connectivity index (χ2n) is 2.47. The average Bonchev–Trinajstić information content (AvgIpc) is 2.60. The first kappa shape index (κ1) is 7.72. The van der Waals surface area contributed by atoms with Crippen molar-refractivity contribution in [3.05, 3.63) is 18.1 Å². The van der Waals surface area contributed by atoms with Gasteiger partial charge in [0.15, 0.2) is 6.29 Å². The summed E-state index contributed by atoms with van der Waals surface area (Å²) in [5.41, 5.74) is 1.74. The van der Waals surface area contributed by atoms with Gasteiger partial charge in [0.05, 0.1) is 12.7 Å². The van der Waals surface area contributed by atoms with E-state index in [0.29, 0.717) is 22.5 Å². The van der Waals surface area contributed by atoms with Gasteiger partial charge < -0.3 is 9.72 Å². The maximum atomic E-state index is 10.6. The van der Waals surface area contributed by atoms with Crippen molar-refractivity contribution in [2.75, 3.05) is 7.11 Å². The number of aldehydes is 1. The van der Waals surface area contributed by atoms with E-state index in [-0.39, 0.29) is 0 Å². The molecule has 0 aliphatic heterocycles. The van der Waals surface area contributed by atoms with Crippen molar-refractivity contribution in [1.82, 2.24) is 15.0 Å². The molecule has 0 bridgehead atoms. The molecule has 0 aromatic carbocycles. The fraction of sp³-hybridized carbons (Fsp3) is 0.125. The minimum Gasteiger partial charge on any atom is -0.479 e. The third-order valence-corrected chi connectivity index (χ3v) is 1.78. The zero-order valence-corrected chi connectivity index (χ0v) is 6.94. The zero-order valence-electron chi connectivity index (χ0n) is 6.94. The highest BCUT2D eigenvalue weighted by Gasteiger charge is 2.08. The number of H-pyrrole nitrogens is 1. The smallest absolute Gasteiger partial charge is 0.241 e.